The number of furan rings is 1. The van der Waals surface area contributed by atoms with Gasteiger partial charge in [0.25, 0.3) is 11.8 Å². The fourth-order valence-corrected chi connectivity index (χ4v) is 3.11. The molecule has 0 saturated carbocycles. The molecule has 0 bridgehead atoms. The first-order chi connectivity index (χ1) is 10.6. The number of rotatable bonds is 3. The second kappa shape index (κ2) is 5.71. The number of nitrogens with one attached hydrogen (secondary N) is 1. The highest BCUT2D eigenvalue weighted by atomic mass is 16.3. The third-order valence-electron chi connectivity index (χ3n) is 4.25. The molecule has 2 aromatic heterocycles. The molecule has 0 aliphatic carbocycles. The van der Waals surface area contributed by atoms with Crippen LogP contribution in [-0.4, -0.2) is 34.8 Å². The minimum absolute atomic E-state index is 0.0249. The van der Waals surface area contributed by atoms with Crippen molar-refractivity contribution in [2.24, 2.45) is 5.73 Å². The Balaban J connectivity index is 1.80. The molecule has 6 nitrogen and oxygen atoms in total. The van der Waals surface area contributed by atoms with Gasteiger partial charge >= 0.3 is 0 Å². The van der Waals surface area contributed by atoms with Crippen LogP contribution >= 0.6 is 0 Å². The molecule has 0 aromatic carbocycles. The van der Waals surface area contributed by atoms with E-state index in [-0.39, 0.29) is 11.8 Å². The lowest BCUT2D eigenvalue weighted by Crippen LogP contribution is -2.39. The maximum Gasteiger partial charge on any atom is 0.257 e. The predicted molar refractivity (Wildman–Crippen MR) is 80.6 cm³/mol. The maximum atomic E-state index is 12.6. The second-order valence-corrected chi connectivity index (χ2v) is 5.65. The van der Waals surface area contributed by atoms with Crippen LogP contribution < -0.4 is 5.73 Å². The summed E-state index contributed by atoms with van der Waals surface area (Å²) in [4.78, 5) is 29.0. The summed E-state index contributed by atoms with van der Waals surface area (Å²) >= 11 is 0. The van der Waals surface area contributed by atoms with Gasteiger partial charge in [0, 0.05) is 30.9 Å². The number of nitrogens with zero attached hydrogens (tertiary/aromatic N) is 1. The molecule has 3 rings (SSSR count). The van der Waals surface area contributed by atoms with Crippen LogP contribution in [0.4, 0.5) is 0 Å². The average molecular weight is 301 g/mol. The van der Waals surface area contributed by atoms with Gasteiger partial charge in [-0.15, -0.1) is 0 Å². The first kappa shape index (κ1) is 14.4. The first-order valence-corrected chi connectivity index (χ1v) is 7.38. The van der Waals surface area contributed by atoms with Crippen molar-refractivity contribution in [3.63, 3.8) is 0 Å². The molecule has 1 aliphatic rings. The monoisotopic (exact) mass is 301 g/mol. The SMILES string of the molecule is Cc1occc1C(=O)N1CCCC(c2[nH]ccc2C(N)=O)C1. The van der Waals surface area contributed by atoms with Crippen LogP contribution in [0.1, 0.15) is 50.9 Å². The topological polar surface area (TPSA) is 92.3 Å². The van der Waals surface area contributed by atoms with Gasteiger partial charge in [-0.2, -0.15) is 0 Å². The summed E-state index contributed by atoms with van der Waals surface area (Å²) < 4.78 is 5.21. The third-order valence-corrected chi connectivity index (χ3v) is 4.25. The lowest BCUT2D eigenvalue weighted by atomic mass is 9.92. The van der Waals surface area contributed by atoms with Gasteiger partial charge in [-0.3, -0.25) is 9.59 Å². The Morgan fingerprint density at radius 1 is 1.36 bits per heavy atom. The number of piperidine rings is 1. The molecule has 22 heavy (non-hydrogen) atoms. The minimum atomic E-state index is -0.439. The molecule has 1 aliphatic heterocycles. The van der Waals surface area contributed by atoms with Crippen molar-refractivity contribution in [1.29, 1.82) is 0 Å². The van der Waals surface area contributed by atoms with Gasteiger partial charge in [0.1, 0.15) is 5.76 Å². The number of amides is 2. The summed E-state index contributed by atoms with van der Waals surface area (Å²) in [7, 11) is 0. The summed E-state index contributed by atoms with van der Waals surface area (Å²) in [5.74, 6) is 0.265. The summed E-state index contributed by atoms with van der Waals surface area (Å²) in [6.45, 7) is 3.07. The Morgan fingerprint density at radius 3 is 2.86 bits per heavy atom. The van der Waals surface area contributed by atoms with Crippen molar-refractivity contribution in [2.45, 2.75) is 25.7 Å². The van der Waals surface area contributed by atoms with Gasteiger partial charge in [-0.1, -0.05) is 0 Å². The first-order valence-electron chi connectivity index (χ1n) is 7.38. The largest absolute Gasteiger partial charge is 0.469 e. The summed E-state index contributed by atoms with van der Waals surface area (Å²) in [5, 5.41) is 0. The van der Waals surface area contributed by atoms with E-state index in [4.69, 9.17) is 10.2 Å². The van der Waals surface area contributed by atoms with E-state index in [1.807, 2.05) is 4.90 Å². The van der Waals surface area contributed by atoms with E-state index >= 15 is 0 Å². The van der Waals surface area contributed by atoms with Crippen LogP contribution in [0.2, 0.25) is 0 Å². The van der Waals surface area contributed by atoms with Crippen LogP contribution in [0.3, 0.4) is 0 Å². The van der Waals surface area contributed by atoms with Crippen LogP contribution in [0.15, 0.2) is 29.0 Å². The molecule has 1 unspecified atom stereocenters. The standard InChI is InChI=1S/C16H19N3O3/c1-10-12(5-8-22-10)16(21)19-7-2-3-11(9-19)14-13(15(17)20)4-6-18-14/h4-6,8,11,18H,2-3,7,9H2,1H3,(H2,17,20). The zero-order valence-electron chi connectivity index (χ0n) is 12.5. The average Bonchev–Trinajstić information content (AvgIpc) is 3.15. The summed E-state index contributed by atoms with van der Waals surface area (Å²) in [6, 6.07) is 3.39. The highest BCUT2D eigenvalue weighted by Crippen LogP contribution is 2.29. The second-order valence-electron chi connectivity index (χ2n) is 5.65. The smallest absolute Gasteiger partial charge is 0.257 e. The van der Waals surface area contributed by atoms with Crippen LogP contribution in [0.25, 0.3) is 0 Å². The Bertz CT molecular complexity index is 701. The van der Waals surface area contributed by atoms with Crippen LogP contribution in [-0.2, 0) is 0 Å². The van der Waals surface area contributed by atoms with Crippen LogP contribution in [0, 0.1) is 6.92 Å². The van der Waals surface area contributed by atoms with E-state index in [1.165, 1.54) is 6.26 Å². The zero-order chi connectivity index (χ0) is 15.7. The Morgan fingerprint density at radius 2 is 2.18 bits per heavy atom. The highest BCUT2D eigenvalue weighted by Gasteiger charge is 2.29. The van der Waals surface area contributed by atoms with E-state index in [1.54, 1.807) is 25.3 Å². The molecular formula is C16H19N3O3. The maximum absolute atomic E-state index is 12.6. The molecule has 1 fully saturated rings. The van der Waals surface area contributed by atoms with E-state index in [9.17, 15) is 9.59 Å². The molecular weight excluding hydrogens is 282 g/mol. The minimum Gasteiger partial charge on any atom is -0.469 e. The number of hydrogen-bond donors (Lipinski definition) is 2. The Hall–Kier alpha value is -2.50. The summed E-state index contributed by atoms with van der Waals surface area (Å²) in [5.41, 5.74) is 7.35. The lowest BCUT2D eigenvalue weighted by Gasteiger charge is -2.32. The molecule has 1 saturated heterocycles. The molecule has 2 amide bonds. The number of aryl methyl sites for hydroxylation is 1. The van der Waals surface area contributed by atoms with Crippen molar-refractivity contribution in [1.82, 2.24) is 9.88 Å². The van der Waals surface area contributed by atoms with Gasteiger partial charge < -0.3 is 20.0 Å². The number of hydrogen-bond acceptors (Lipinski definition) is 3. The molecule has 2 aromatic rings. The fourth-order valence-electron chi connectivity index (χ4n) is 3.11. The van der Waals surface area contributed by atoms with Crippen molar-refractivity contribution in [2.75, 3.05) is 13.1 Å². The normalized spacial score (nSPS) is 18.4. The molecule has 3 N–H and O–H groups in total. The van der Waals surface area contributed by atoms with Crippen molar-refractivity contribution in [3.8, 4) is 0 Å². The van der Waals surface area contributed by atoms with Gasteiger partial charge in [0.05, 0.1) is 17.4 Å². The quantitative estimate of drug-likeness (QED) is 0.908. The van der Waals surface area contributed by atoms with Gasteiger partial charge in [-0.05, 0) is 31.9 Å². The van der Waals surface area contributed by atoms with Gasteiger partial charge in [-0.25, -0.2) is 0 Å². The fraction of sp³-hybridized carbons (Fsp3) is 0.375. The van der Waals surface area contributed by atoms with Crippen molar-refractivity contribution in [3.05, 3.63) is 47.2 Å². The lowest BCUT2D eigenvalue weighted by molar-refractivity contribution is 0.0704. The zero-order valence-corrected chi connectivity index (χ0v) is 12.5. The highest BCUT2D eigenvalue weighted by molar-refractivity contribution is 5.95. The molecule has 0 radical (unpaired) electrons. The number of aromatic amines is 1. The Labute approximate surface area is 128 Å². The van der Waals surface area contributed by atoms with Crippen molar-refractivity contribution < 1.29 is 14.0 Å². The van der Waals surface area contributed by atoms with Gasteiger partial charge in [0.15, 0.2) is 0 Å². The number of likely N-dealkylation sites (tertiary alicyclic amines) is 1. The van der Waals surface area contributed by atoms with E-state index < -0.39 is 5.91 Å². The predicted octanol–water partition coefficient (Wildman–Crippen LogP) is 2.03. The van der Waals surface area contributed by atoms with Crippen LogP contribution in [0.5, 0.6) is 0 Å². The van der Waals surface area contributed by atoms with E-state index in [2.05, 4.69) is 4.98 Å². The number of carbonyl (C=O) groups excluding carboxylic acids is 2. The number of H-pyrrole nitrogens is 1. The van der Waals surface area contributed by atoms with Crippen molar-refractivity contribution >= 4 is 11.8 Å². The number of nitrogens with two attached hydrogens (primary N) is 1. The number of primary amides is 1. The van der Waals surface area contributed by atoms with Gasteiger partial charge in [0.2, 0.25) is 0 Å². The molecule has 6 heteroatoms. The number of carbonyl (C=O) groups is 2. The molecule has 116 valence electrons. The Kier molecular flexibility index (Phi) is 3.75. The number of aromatic nitrogens is 1. The van der Waals surface area contributed by atoms with E-state index in [0.29, 0.717) is 30.0 Å². The molecule has 3 heterocycles. The van der Waals surface area contributed by atoms with E-state index in [0.717, 1.165) is 18.5 Å². The molecule has 0 spiro atoms. The third kappa shape index (κ3) is 2.52. The summed E-state index contributed by atoms with van der Waals surface area (Å²) in [6.07, 6.45) is 5.07. The molecule has 1 atom stereocenters.